The van der Waals surface area contributed by atoms with E-state index in [9.17, 15) is 21.6 Å². The van der Waals surface area contributed by atoms with Gasteiger partial charge in [-0.15, -0.1) is 0 Å². The zero-order valence-electron chi connectivity index (χ0n) is 11.3. The molecular formula is C12H13F3N4O2S. The van der Waals surface area contributed by atoms with Crippen LogP contribution < -0.4 is 4.72 Å². The molecule has 1 N–H and O–H groups in total. The van der Waals surface area contributed by atoms with E-state index in [-0.39, 0.29) is 11.4 Å². The molecule has 0 saturated carbocycles. The largest absolute Gasteiger partial charge is 0.408 e. The van der Waals surface area contributed by atoms with E-state index in [0.717, 1.165) is 18.0 Å². The molecule has 2 rings (SSSR count). The summed E-state index contributed by atoms with van der Waals surface area (Å²) in [6, 6.07) is 3.52. The lowest BCUT2D eigenvalue weighted by Crippen LogP contribution is -2.25. The summed E-state index contributed by atoms with van der Waals surface area (Å²) in [5.41, 5.74) is 0.845. The van der Waals surface area contributed by atoms with Gasteiger partial charge in [0.25, 0.3) is 0 Å². The standard InChI is InChI=1S/C12H13F3N4O2S/c13-12(14,15)9-19-8-11(7-17-19)22(20,21)18-5-3-10-2-1-4-16-6-10/h1-2,4,6-8,18H,3,5,9H2. The highest BCUT2D eigenvalue weighted by atomic mass is 32.2. The van der Waals surface area contributed by atoms with Crippen molar-refractivity contribution in [3.05, 3.63) is 42.5 Å². The Morgan fingerprint density at radius 2 is 2.05 bits per heavy atom. The number of nitrogens with one attached hydrogen (secondary N) is 1. The molecule has 2 aromatic rings. The summed E-state index contributed by atoms with van der Waals surface area (Å²) in [6.07, 6.45) is 0.904. The molecule has 0 atom stereocenters. The van der Waals surface area contributed by atoms with Crippen LogP contribution in [0.5, 0.6) is 0 Å². The first-order chi connectivity index (χ1) is 10.3. The number of nitrogens with zero attached hydrogens (tertiary/aromatic N) is 3. The maximum Gasteiger partial charge on any atom is 0.408 e. The Morgan fingerprint density at radius 1 is 1.27 bits per heavy atom. The topological polar surface area (TPSA) is 76.9 Å². The summed E-state index contributed by atoms with van der Waals surface area (Å²) in [7, 11) is -3.89. The molecule has 22 heavy (non-hydrogen) atoms. The molecule has 0 spiro atoms. The molecule has 6 nitrogen and oxygen atoms in total. The number of rotatable bonds is 6. The number of hydrogen-bond donors (Lipinski definition) is 1. The van der Waals surface area contributed by atoms with Crippen LogP contribution in [-0.4, -0.2) is 35.9 Å². The van der Waals surface area contributed by atoms with Crippen LogP contribution in [0.4, 0.5) is 13.2 Å². The van der Waals surface area contributed by atoms with E-state index < -0.39 is 22.7 Å². The highest BCUT2D eigenvalue weighted by Gasteiger charge is 2.29. The van der Waals surface area contributed by atoms with Gasteiger partial charge in [0.05, 0.1) is 6.20 Å². The zero-order chi connectivity index (χ0) is 16.2. The Morgan fingerprint density at radius 3 is 2.68 bits per heavy atom. The molecule has 0 bridgehead atoms. The van der Waals surface area contributed by atoms with Gasteiger partial charge in [0.1, 0.15) is 11.4 Å². The van der Waals surface area contributed by atoms with Gasteiger partial charge in [-0.2, -0.15) is 18.3 Å². The van der Waals surface area contributed by atoms with Crippen LogP contribution in [0.2, 0.25) is 0 Å². The number of aromatic nitrogens is 3. The van der Waals surface area contributed by atoms with Gasteiger partial charge in [-0.25, -0.2) is 13.1 Å². The molecule has 120 valence electrons. The molecule has 0 unspecified atom stereocenters. The maximum atomic E-state index is 12.2. The van der Waals surface area contributed by atoms with Crippen molar-refractivity contribution < 1.29 is 21.6 Å². The van der Waals surface area contributed by atoms with Crippen molar-refractivity contribution in [2.75, 3.05) is 6.54 Å². The van der Waals surface area contributed by atoms with E-state index in [1.165, 1.54) is 0 Å². The molecule has 0 radical (unpaired) electrons. The third-order valence-corrected chi connectivity index (χ3v) is 4.11. The maximum absolute atomic E-state index is 12.2. The van der Waals surface area contributed by atoms with Gasteiger partial charge in [0.15, 0.2) is 0 Å². The van der Waals surface area contributed by atoms with Gasteiger partial charge in [-0.3, -0.25) is 9.67 Å². The summed E-state index contributed by atoms with van der Waals surface area (Å²) in [6.45, 7) is -1.23. The van der Waals surface area contributed by atoms with E-state index in [1.54, 1.807) is 24.5 Å². The van der Waals surface area contributed by atoms with Crippen LogP contribution in [0.3, 0.4) is 0 Å². The number of hydrogen-bond acceptors (Lipinski definition) is 4. The molecule has 2 aromatic heterocycles. The second kappa shape index (κ2) is 6.44. The number of halogens is 3. The molecule has 0 amide bonds. The van der Waals surface area contributed by atoms with Crippen LogP contribution in [0.1, 0.15) is 5.56 Å². The fraction of sp³-hybridized carbons (Fsp3) is 0.333. The van der Waals surface area contributed by atoms with E-state index in [1.807, 2.05) is 0 Å². The number of pyridine rings is 1. The van der Waals surface area contributed by atoms with Crippen LogP contribution in [0.15, 0.2) is 41.8 Å². The molecule has 2 heterocycles. The normalized spacial score (nSPS) is 12.5. The lowest BCUT2D eigenvalue weighted by atomic mass is 10.2. The molecular weight excluding hydrogens is 321 g/mol. The minimum atomic E-state index is -4.46. The molecule has 0 aromatic carbocycles. The van der Waals surface area contributed by atoms with Crippen LogP contribution in [-0.2, 0) is 23.0 Å². The highest BCUT2D eigenvalue weighted by Crippen LogP contribution is 2.18. The van der Waals surface area contributed by atoms with Crippen molar-refractivity contribution in [1.29, 1.82) is 0 Å². The van der Waals surface area contributed by atoms with Crippen molar-refractivity contribution in [3.63, 3.8) is 0 Å². The average Bonchev–Trinajstić information content (AvgIpc) is 2.87. The average molecular weight is 334 g/mol. The second-order valence-corrected chi connectivity index (χ2v) is 6.26. The van der Waals surface area contributed by atoms with Crippen molar-refractivity contribution >= 4 is 10.0 Å². The second-order valence-electron chi connectivity index (χ2n) is 4.50. The smallest absolute Gasteiger partial charge is 0.264 e. The van der Waals surface area contributed by atoms with Crippen molar-refractivity contribution in [2.24, 2.45) is 0 Å². The molecule has 0 saturated heterocycles. The number of alkyl halides is 3. The molecule has 0 aliphatic carbocycles. The molecule has 10 heteroatoms. The third-order valence-electron chi connectivity index (χ3n) is 2.69. The van der Waals surface area contributed by atoms with E-state index in [2.05, 4.69) is 14.8 Å². The van der Waals surface area contributed by atoms with E-state index in [0.29, 0.717) is 11.1 Å². The van der Waals surface area contributed by atoms with Gasteiger partial charge in [0.2, 0.25) is 10.0 Å². The lowest BCUT2D eigenvalue weighted by molar-refractivity contribution is -0.142. The van der Waals surface area contributed by atoms with E-state index in [4.69, 9.17) is 0 Å². The summed E-state index contributed by atoms with van der Waals surface area (Å²) >= 11 is 0. The summed E-state index contributed by atoms with van der Waals surface area (Å²) in [5, 5.41) is 3.40. The minimum absolute atomic E-state index is 0.110. The fourth-order valence-electron chi connectivity index (χ4n) is 1.71. The Balaban J connectivity index is 1.95. The Hall–Kier alpha value is -1.94. The quantitative estimate of drug-likeness (QED) is 0.865. The van der Waals surface area contributed by atoms with Crippen molar-refractivity contribution in [2.45, 2.75) is 24.0 Å². The Bertz CT molecular complexity index is 713. The molecule has 0 fully saturated rings. The highest BCUT2D eigenvalue weighted by molar-refractivity contribution is 7.89. The summed E-state index contributed by atoms with van der Waals surface area (Å²) < 4.78 is 63.3. The first-order valence-corrected chi connectivity index (χ1v) is 7.72. The first-order valence-electron chi connectivity index (χ1n) is 6.24. The van der Waals surface area contributed by atoms with E-state index >= 15 is 0 Å². The van der Waals surface area contributed by atoms with Gasteiger partial charge >= 0.3 is 6.18 Å². The fourth-order valence-corrected chi connectivity index (χ4v) is 2.70. The number of sulfonamides is 1. The van der Waals surface area contributed by atoms with Crippen LogP contribution in [0, 0.1) is 0 Å². The summed E-state index contributed by atoms with van der Waals surface area (Å²) in [4.78, 5) is 3.60. The van der Waals surface area contributed by atoms with Crippen LogP contribution >= 0.6 is 0 Å². The van der Waals surface area contributed by atoms with Crippen molar-refractivity contribution in [3.8, 4) is 0 Å². The van der Waals surface area contributed by atoms with Gasteiger partial charge in [-0.1, -0.05) is 6.07 Å². The lowest BCUT2D eigenvalue weighted by Gasteiger charge is -2.06. The Labute approximate surface area is 125 Å². The van der Waals surface area contributed by atoms with Crippen LogP contribution in [0.25, 0.3) is 0 Å². The Kier molecular flexibility index (Phi) is 4.81. The SMILES string of the molecule is O=S(=O)(NCCc1cccnc1)c1cnn(CC(F)(F)F)c1. The monoisotopic (exact) mass is 334 g/mol. The van der Waals surface area contributed by atoms with Crippen molar-refractivity contribution in [1.82, 2.24) is 19.5 Å². The predicted octanol–water partition coefficient (Wildman–Crippen LogP) is 1.36. The zero-order valence-corrected chi connectivity index (χ0v) is 12.1. The third kappa shape index (κ3) is 4.81. The molecule has 0 aliphatic rings. The predicted molar refractivity (Wildman–Crippen MR) is 71.4 cm³/mol. The summed E-state index contributed by atoms with van der Waals surface area (Å²) in [5.74, 6) is 0. The van der Waals surface area contributed by atoms with Gasteiger partial charge in [-0.05, 0) is 18.1 Å². The first kappa shape index (κ1) is 16.4. The molecule has 0 aliphatic heterocycles. The minimum Gasteiger partial charge on any atom is -0.264 e. The van der Waals surface area contributed by atoms with Gasteiger partial charge in [0, 0.05) is 25.1 Å². The van der Waals surface area contributed by atoms with Gasteiger partial charge < -0.3 is 0 Å².